The molecule has 18 nitrogen and oxygen atoms in total. The van der Waals surface area contributed by atoms with Gasteiger partial charge in [0.05, 0.1) is 22.2 Å². The smallest absolute Gasteiger partial charge is 0.303 e. The molecule has 1 atom stereocenters. The van der Waals surface area contributed by atoms with E-state index < -0.39 is 54.0 Å². The summed E-state index contributed by atoms with van der Waals surface area (Å²) >= 11 is 0. The maximum atomic E-state index is 11.6. The van der Waals surface area contributed by atoms with Crippen LogP contribution in [0.3, 0.4) is 0 Å². The van der Waals surface area contributed by atoms with Gasteiger partial charge in [-0.2, -0.15) is 0 Å². The highest BCUT2D eigenvalue weighted by atomic mass is 32.2. The van der Waals surface area contributed by atoms with Crippen molar-refractivity contribution in [3.05, 3.63) is 59.7 Å². The van der Waals surface area contributed by atoms with Crippen LogP contribution in [0.15, 0.2) is 68.3 Å². The van der Waals surface area contributed by atoms with Crippen molar-refractivity contribution < 1.29 is 59.8 Å². The molecule has 49 heavy (non-hydrogen) atoms. The summed E-state index contributed by atoms with van der Waals surface area (Å²) in [5.74, 6) is -2.49. The second-order valence-electron chi connectivity index (χ2n) is 8.58. The van der Waals surface area contributed by atoms with Crippen LogP contribution in [-0.2, 0) is 44.2 Å². The lowest BCUT2D eigenvalue weighted by Crippen LogP contribution is -2.26. The molecule has 5 N–H and O–H groups in total. The molecule has 0 radical (unpaired) electrons. The summed E-state index contributed by atoms with van der Waals surface area (Å²) in [6.07, 6.45) is -1.11. The number of nitrogens with zero attached hydrogens (tertiary/aromatic N) is 2. The first kappa shape index (κ1) is 48.5. The van der Waals surface area contributed by atoms with Crippen LogP contribution in [-0.4, -0.2) is 93.9 Å². The van der Waals surface area contributed by atoms with Crippen molar-refractivity contribution in [2.24, 2.45) is 15.7 Å². The van der Waals surface area contributed by atoms with Crippen LogP contribution in [0.25, 0.3) is 0 Å². The molecular weight excluding hydrogens is 690 g/mol. The van der Waals surface area contributed by atoms with E-state index in [0.29, 0.717) is 13.1 Å². The van der Waals surface area contributed by atoms with Gasteiger partial charge < -0.3 is 35.3 Å². The maximum absolute atomic E-state index is 11.6. The lowest BCUT2D eigenvalue weighted by molar-refractivity contribution is -0.148. The molecule has 0 saturated carbocycles. The van der Waals surface area contributed by atoms with Gasteiger partial charge in [-0.1, -0.05) is 18.2 Å². The highest BCUT2D eigenvalue weighted by molar-refractivity contribution is 7.86. The molecule has 0 aromatic heterocycles. The standard InChI is InChI=1S/C13H17NO6S.C10H10N2O4S.C3H7NO.C2H4O2.CH5N/c1-3-14-13(16)8-12(20-9(2)15)10-5-4-6-11(7-10)21(17,18)19;1-2-11-7-12-10(13)8-4-3-5-9(6-8)17(14,15)16;1-3(5)4-2;1-2(3)4;1-2/h4-7,12H,3,8H2,1-2H3,(H,14,16)(H,17,18,19);3-6H,2H2,1H3,(H,14,15,16);1-2H3,(H,4,5);1H3,(H,3,4);2H2,1H3/p-2. The molecule has 0 bridgehead atoms. The second-order valence-corrected chi connectivity index (χ2v) is 11.3. The van der Waals surface area contributed by atoms with E-state index >= 15 is 0 Å². The van der Waals surface area contributed by atoms with E-state index in [1.165, 1.54) is 45.2 Å². The van der Waals surface area contributed by atoms with Crippen molar-refractivity contribution in [1.29, 1.82) is 0 Å². The lowest BCUT2D eigenvalue weighted by Gasteiger charge is -2.18. The molecule has 0 aliphatic heterocycles. The first-order valence-corrected chi connectivity index (χ1v) is 16.7. The molecule has 0 spiro atoms. The van der Waals surface area contributed by atoms with Crippen molar-refractivity contribution in [3.8, 4) is 0 Å². The Morgan fingerprint density at radius 1 is 0.918 bits per heavy atom. The summed E-state index contributed by atoms with van der Waals surface area (Å²) in [5, 5.41) is 12.4. The maximum Gasteiger partial charge on any atom is 0.303 e. The number of nitrogens with one attached hydrogen (secondary N) is 2. The van der Waals surface area contributed by atoms with Gasteiger partial charge in [0.1, 0.15) is 26.3 Å². The molecule has 0 fully saturated rings. The third kappa shape index (κ3) is 25.9. The van der Waals surface area contributed by atoms with E-state index in [1.807, 2.05) is 0 Å². The fraction of sp³-hybridized carbons (Fsp3) is 0.379. The number of nitrogens with two attached hydrogens (primary N) is 1. The fourth-order valence-electron chi connectivity index (χ4n) is 2.74. The van der Waals surface area contributed by atoms with Gasteiger partial charge in [0, 0.05) is 46.5 Å². The van der Waals surface area contributed by atoms with E-state index in [2.05, 4.69) is 32.4 Å². The second kappa shape index (κ2) is 26.1. The molecule has 0 aliphatic rings. The van der Waals surface area contributed by atoms with Crippen molar-refractivity contribution in [2.45, 2.75) is 56.9 Å². The number of aliphatic carboxylic acids is 1. The first-order valence-electron chi connectivity index (χ1n) is 13.9. The molecule has 20 heteroatoms. The van der Waals surface area contributed by atoms with Crippen LogP contribution < -0.4 is 16.4 Å². The predicted molar refractivity (Wildman–Crippen MR) is 175 cm³/mol. The molecule has 0 saturated heterocycles. The van der Waals surface area contributed by atoms with Crippen molar-refractivity contribution in [3.63, 3.8) is 0 Å². The molecule has 1 unspecified atom stereocenters. The van der Waals surface area contributed by atoms with Crippen molar-refractivity contribution in [2.75, 3.05) is 27.2 Å². The number of aliphatic imine (C=N–C) groups is 2. The molecule has 2 aromatic carbocycles. The van der Waals surface area contributed by atoms with Crippen LogP contribution >= 0.6 is 0 Å². The number of rotatable bonds is 9. The van der Waals surface area contributed by atoms with Gasteiger partial charge >= 0.3 is 5.97 Å². The molecule has 2 aromatic rings. The van der Waals surface area contributed by atoms with Gasteiger partial charge in [-0.05, 0) is 56.8 Å². The molecule has 274 valence electrons. The highest BCUT2D eigenvalue weighted by Crippen LogP contribution is 2.24. The summed E-state index contributed by atoms with van der Waals surface area (Å²) in [6.45, 7) is 8.08. The van der Waals surface area contributed by atoms with E-state index in [9.17, 15) is 45.1 Å². The quantitative estimate of drug-likeness (QED) is 0.159. The summed E-state index contributed by atoms with van der Waals surface area (Å²) in [5.41, 5.74) is 4.77. The van der Waals surface area contributed by atoms with Gasteiger partial charge in [0.2, 0.25) is 11.8 Å². The zero-order valence-electron chi connectivity index (χ0n) is 28.0. The summed E-state index contributed by atoms with van der Waals surface area (Å²) < 4.78 is 70.3. The summed E-state index contributed by atoms with van der Waals surface area (Å²) in [6, 6.07) is 12.0. The number of ether oxygens (including phenoxy) is 1. The monoisotopic (exact) mass is 731 g/mol. The van der Waals surface area contributed by atoms with E-state index in [-0.39, 0.29) is 29.4 Å². The minimum absolute atomic E-state index is 0.000674. The van der Waals surface area contributed by atoms with Crippen LogP contribution in [0.1, 0.15) is 63.1 Å². The topological polar surface area (TPSA) is 304 Å². The highest BCUT2D eigenvalue weighted by Gasteiger charge is 2.20. The normalized spacial score (nSPS) is 10.3. The van der Waals surface area contributed by atoms with Gasteiger partial charge in [-0.15, -0.1) is 4.99 Å². The van der Waals surface area contributed by atoms with Crippen molar-refractivity contribution in [1.82, 2.24) is 10.6 Å². The third-order valence-corrected chi connectivity index (χ3v) is 6.34. The number of esters is 1. The summed E-state index contributed by atoms with van der Waals surface area (Å²) in [4.78, 5) is 58.9. The van der Waals surface area contributed by atoms with Gasteiger partial charge in [0.25, 0.3) is 11.9 Å². The van der Waals surface area contributed by atoms with Crippen LogP contribution in [0, 0.1) is 0 Å². The van der Waals surface area contributed by atoms with Gasteiger partial charge in [-0.25, -0.2) is 21.8 Å². The molecular formula is C29H41N5O13S2-2. The average molecular weight is 732 g/mol. The Hall–Kier alpha value is -4.85. The number of hydrogen-bond donors (Lipinski definition) is 4. The fourth-order valence-corrected chi connectivity index (χ4v) is 3.78. The van der Waals surface area contributed by atoms with Gasteiger partial charge in [-0.3, -0.25) is 24.0 Å². The number of benzene rings is 2. The minimum atomic E-state index is -4.62. The van der Waals surface area contributed by atoms with E-state index in [0.717, 1.165) is 31.2 Å². The van der Waals surface area contributed by atoms with Gasteiger partial charge in [0.15, 0.2) is 0 Å². The number of amides is 3. The third-order valence-electron chi connectivity index (χ3n) is 4.67. The zero-order chi connectivity index (χ0) is 38.8. The van der Waals surface area contributed by atoms with Crippen LogP contribution in [0.4, 0.5) is 0 Å². The molecule has 0 heterocycles. The average Bonchev–Trinajstić information content (AvgIpc) is 3.01. The lowest BCUT2D eigenvalue weighted by atomic mass is 10.1. The zero-order valence-corrected chi connectivity index (χ0v) is 29.6. The number of carbonyl (C=O) groups is 5. The number of carbonyl (C=O) groups excluding carboxylic acids is 4. The Kier molecular flexibility index (Phi) is 25.9. The Morgan fingerprint density at radius 3 is 1.80 bits per heavy atom. The Labute approximate surface area is 285 Å². The van der Waals surface area contributed by atoms with E-state index in [1.54, 1.807) is 20.9 Å². The minimum Gasteiger partial charge on any atom is -0.744 e. The van der Waals surface area contributed by atoms with Crippen molar-refractivity contribution >= 4 is 55.9 Å². The number of carboxylic acid groups (broad SMARTS) is 1. The van der Waals surface area contributed by atoms with Crippen LogP contribution in [0.5, 0.6) is 0 Å². The van der Waals surface area contributed by atoms with E-state index in [4.69, 9.17) is 14.6 Å². The number of carboxylic acids is 1. The first-order chi connectivity index (χ1) is 22.7. The molecule has 0 aliphatic carbocycles. The predicted octanol–water partition coefficient (Wildman–Crippen LogP) is 1.06. The Bertz CT molecular complexity index is 1650. The SMILES string of the molecule is CC(=O)O.CCN=C=NC(=O)c1cccc(S(=O)(=O)[O-])c1.CCNC(=O)CC(OC(C)=O)c1cccc(S(=O)(=O)[O-])c1.CN.CNC(C)=O. The summed E-state index contributed by atoms with van der Waals surface area (Å²) in [7, 11) is -6.09. The number of hydrogen-bond acceptors (Lipinski definition) is 14. The van der Waals surface area contributed by atoms with Crippen LogP contribution in [0.2, 0.25) is 0 Å². The Balaban J connectivity index is -0.000000672. The largest absolute Gasteiger partial charge is 0.744 e. The molecule has 3 amide bonds. The Morgan fingerprint density at radius 2 is 1.39 bits per heavy atom. The molecule has 2 rings (SSSR count).